The van der Waals surface area contributed by atoms with E-state index in [9.17, 15) is 4.79 Å². The molecule has 0 bridgehead atoms. The Morgan fingerprint density at radius 3 is 2.85 bits per heavy atom. The van der Waals surface area contributed by atoms with Crippen LogP contribution in [0.5, 0.6) is 0 Å². The molecule has 0 saturated carbocycles. The molecule has 0 aliphatic rings. The Labute approximate surface area is 77.7 Å². The van der Waals surface area contributed by atoms with Crippen LogP contribution in [0.2, 0.25) is 0 Å². The van der Waals surface area contributed by atoms with Crippen molar-refractivity contribution in [3.8, 4) is 0 Å². The van der Waals surface area contributed by atoms with Crippen LogP contribution in [0.3, 0.4) is 0 Å². The van der Waals surface area contributed by atoms with Crippen molar-refractivity contribution in [2.45, 2.75) is 26.8 Å². The van der Waals surface area contributed by atoms with Gasteiger partial charge in [-0.3, -0.25) is 14.6 Å². The number of aromatic nitrogens is 2. The van der Waals surface area contributed by atoms with Gasteiger partial charge in [0.05, 0.1) is 0 Å². The van der Waals surface area contributed by atoms with E-state index in [1.165, 1.54) is 0 Å². The molecule has 1 rings (SSSR count). The van der Waals surface area contributed by atoms with Gasteiger partial charge in [-0.2, -0.15) is 0 Å². The Bertz CT molecular complexity index is 313. The average molecular weight is 183 g/mol. The van der Waals surface area contributed by atoms with E-state index in [2.05, 4.69) is 12.0 Å². The highest BCUT2D eigenvalue weighted by Gasteiger charge is 2.05. The van der Waals surface area contributed by atoms with E-state index in [0.29, 0.717) is 19.0 Å². The highest BCUT2D eigenvalue weighted by molar-refractivity contribution is 5.00. The van der Waals surface area contributed by atoms with Gasteiger partial charge in [0.25, 0.3) is 5.56 Å². The van der Waals surface area contributed by atoms with E-state index in [1.54, 1.807) is 10.7 Å². The highest BCUT2D eigenvalue weighted by atomic mass is 16.1. The quantitative estimate of drug-likeness (QED) is 0.706. The molecule has 0 aliphatic carbocycles. The van der Waals surface area contributed by atoms with Crippen LogP contribution in [0.25, 0.3) is 0 Å². The summed E-state index contributed by atoms with van der Waals surface area (Å²) >= 11 is 0. The second kappa shape index (κ2) is 4.28. The second-order valence-electron chi connectivity index (χ2n) is 3.41. The smallest absolute Gasteiger partial charge is 0.266 e. The number of aryl methyl sites for hydroxylation is 1. The number of hydrogen-bond acceptors (Lipinski definition) is 2. The van der Waals surface area contributed by atoms with Crippen molar-refractivity contribution in [2.75, 3.05) is 6.54 Å². The Hall–Kier alpha value is -1.03. The first kappa shape index (κ1) is 10.1. The summed E-state index contributed by atoms with van der Waals surface area (Å²) in [7, 11) is 0. The van der Waals surface area contributed by atoms with Crippen molar-refractivity contribution in [1.82, 2.24) is 9.78 Å². The molecule has 0 aliphatic heterocycles. The molecule has 1 atom stereocenters. The van der Waals surface area contributed by atoms with Crippen molar-refractivity contribution in [3.05, 3.63) is 22.1 Å². The maximum atomic E-state index is 11.2. The van der Waals surface area contributed by atoms with Gasteiger partial charge in [-0.1, -0.05) is 6.92 Å². The molecular formula is C9H17N3O. The molecule has 0 aromatic carbocycles. The van der Waals surface area contributed by atoms with Gasteiger partial charge in [0, 0.05) is 18.3 Å². The number of rotatable bonds is 4. The van der Waals surface area contributed by atoms with Crippen LogP contribution in [0.1, 0.15) is 19.5 Å². The van der Waals surface area contributed by atoms with Crippen LogP contribution in [0.4, 0.5) is 0 Å². The van der Waals surface area contributed by atoms with Crippen molar-refractivity contribution >= 4 is 0 Å². The normalized spacial score (nSPS) is 13.2. The monoisotopic (exact) mass is 183 g/mol. The van der Waals surface area contributed by atoms with Gasteiger partial charge in [-0.15, -0.1) is 0 Å². The number of aromatic amines is 1. The molecule has 13 heavy (non-hydrogen) atoms. The summed E-state index contributed by atoms with van der Waals surface area (Å²) in [5.74, 6) is 0.420. The molecule has 4 heteroatoms. The topological polar surface area (TPSA) is 63.8 Å². The second-order valence-corrected chi connectivity index (χ2v) is 3.41. The first-order valence-corrected chi connectivity index (χ1v) is 4.66. The molecule has 1 aromatic rings. The Morgan fingerprint density at radius 1 is 1.69 bits per heavy atom. The Morgan fingerprint density at radius 2 is 2.38 bits per heavy atom. The molecule has 1 aromatic heterocycles. The molecule has 1 unspecified atom stereocenters. The molecule has 0 fully saturated rings. The fourth-order valence-corrected chi connectivity index (χ4v) is 1.29. The first-order valence-electron chi connectivity index (χ1n) is 4.66. The maximum absolute atomic E-state index is 11.2. The van der Waals surface area contributed by atoms with E-state index in [1.807, 2.05) is 6.92 Å². The van der Waals surface area contributed by atoms with Crippen LogP contribution in [0.15, 0.2) is 10.9 Å². The van der Waals surface area contributed by atoms with Crippen molar-refractivity contribution < 1.29 is 0 Å². The van der Waals surface area contributed by atoms with Gasteiger partial charge in [0.2, 0.25) is 0 Å². The molecular weight excluding hydrogens is 166 g/mol. The largest absolute Gasteiger partial charge is 0.330 e. The fourth-order valence-electron chi connectivity index (χ4n) is 1.29. The minimum Gasteiger partial charge on any atom is -0.330 e. The van der Waals surface area contributed by atoms with Crippen LogP contribution < -0.4 is 11.3 Å². The van der Waals surface area contributed by atoms with Gasteiger partial charge in [-0.05, 0) is 25.8 Å². The molecule has 0 radical (unpaired) electrons. The van der Waals surface area contributed by atoms with Crippen LogP contribution in [0, 0.1) is 5.92 Å². The number of H-pyrrole nitrogens is 1. The van der Waals surface area contributed by atoms with Crippen LogP contribution in [-0.2, 0) is 13.0 Å². The highest BCUT2D eigenvalue weighted by Crippen LogP contribution is 2.01. The molecule has 3 N–H and O–H groups in total. The summed E-state index contributed by atoms with van der Waals surface area (Å²) in [5.41, 5.74) is 6.52. The summed E-state index contributed by atoms with van der Waals surface area (Å²) in [6.45, 7) is 5.35. The summed E-state index contributed by atoms with van der Waals surface area (Å²) in [6.07, 6.45) is 0.846. The lowest BCUT2D eigenvalue weighted by atomic mass is 10.1. The summed E-state index contributed by atoms with van der Waals surface area (Å²) in [4.78, 5) is 11.2. The van der Waals surface area contributed by atoms with Crippen LogP contribution in [-0.4, -0.2) is 16.3 Å². The summed E-state index contributed by atoms with van der Waals surface area (Å²) < 4.78 is 1.60. The molecule has 1 heterocycles. The summed E-state index contributed by atoms with van der Waals surface area (Å²) in [6, 6.07) is 1.65. The standard InChI is InChI=1S/C9H17N3O/c1-3-12-9(13)5-8(11-12)4-7(2)6-10/h5,7,11H,3-4,6,10H2,1-2H3. The minimum absolute atomic E-state index is 0.0433. The maximum Gasteiger partial charge on any atom is 0.266 e. The van der Waals surface area contributed by atoms with Crippen molar-refractivity contribution in [3.63, 3.8) is 0 Å². The third-order valence-electron chi connectivity index (χ3n) is 2.13. The van der Waals surface area contributed by atoms with E-state index in [0.717, 1.165) is 12.1 Å². The number of hydrogen-bond donors (Lipinski definition) is 2. The molecule has 74 valence electrons. The SMILES string of the molecule is CCn1[nH]c(CC(C)CN)cc1=O. The van der Waals surface area contributed by atoms with Gasteiger partial charge in [0.1, 0.15) is 0 Å². The minimum atomic E-state index is 0.0433. The molecule has 0 saturated heterocycles. The van der Waals surface area contributed by atoms with E-state index >= 15 is 0 Å². The van der Waals surface area contributed by atoms with Gasteiger partial charge in [-0.25, -0.2) is 0 Å². The Balaban J connectivity index is 2.73. The van der Waals surface area contributed by atoms with Gasteiger partial charge in [0.15, 0.2) is 0 Å². The predicted octanol–water partition coefficient (Wildman–Crippen LogP) is 0.334. The van der Waals surface area contributed by atoms with Crippen molar-refractivity contribution in [1.29, 1.82) is 0 Å². The van der Waals surface area contributed by atoms with Gasteiger partial charge < -0.3 is 5.73 Å². The molecule has 4 nitrogen and oxygen atoms in total. The predicted molar refractivity (Wildman–Crippen MR) is 52.6 cm³/mol. The average Bonchev–Trinajstić information content (AvgIpc) is 2.46. The zero-order valence-corrected chi connectivity index (χ0v) is 8.21. The molecule has 0 spiro atoms. The summed E-state index contributed by atoms with van der Waals surface area (Å²) in [5, 5.41) is 3.04. The number of nitrogens with two attached hydrogens (primary N) is 1. The zero-order chi connectivity index (χ0) is 9.84. The van der Waals surface area contributed by atoms with E-state index in [4.69, 9.17) is 5.73 Å². The fraction of sp³-hybridized carbons (Fsp3) is 0.667. The third kappa shape index (κ3) is 2.45. The lowest BCUT2D eigenvalue weighted by Crippen LogP contribution is -2.14. The molecule has 0 amide bonds. The van der Waals surface area contributed by atoms with Gasteiger partial charge >= 0.3 is 0 Å². The number of nitrogens with one attached hydrogen (secondary N) is 1. The first-order chi connectivity index (χ1) is 6.17. The van der Waals surface area contributed by atoms with Crippen LogP contribution >= 0.6 is 0 Å². The lowest BCUT2D eigenvalue weighted by molar-refractivity contribution is 0.564. The van der Waals surface area contributed by atoms with E-state index in [-0.39, 0.29) is 5.56 Å². The Kier molecular flexibility index (Phi) is 3.31. The van der Waals surface area contributed by atoms with E-state index < -0.39 is 0 Å². The van der Waals surface area contributed by atoms with Crippen molar-refractivity contribution in [2.24, 2.45) is 11.7 Å². The lowest BCUT2D eigenvalue weighted by Gasteiger charge is -2.05. The number of nitrogens with zero attached hydrogens (tertiary/aromatic N) is 1. The third-order valence-corrected chi connectivity index (χ3v) is 2.13. The zero-order valence-electron chi connectivity index (χ0n) is 8.21.